The van der Waals surface area contributed by atoms with E-state index in [1.165, 1.54) is 18.2 Å². The molecule has 0 saturated heterocycles. The number of aryl methyl sites for hydroxylation is 1. The van der Waals surface area contributed by atoms with Crippen molar-refractivity contribution in [1.29, 1.82) is 0 Å². The van der Waals surface area contributed by atoms with E-state index >= 15 is 0 Å². The molecular weight excluding hydrogens is 350 g/mol. The summed E-state index contributed by atoms with van der Waals surface area (Å²) in [6.45, 7) is 5.73. The van der Waals surface area contributed by atoms with E-state index in [9.17, 15) is 19.7 Å². The summed E-state index contributed by atoms with van der Waals surface area (Å²) in [5.41, 5.74) is 0.713. The summed E-state index contributed by atoms with van der Waals surface area (Å²) >= 11 is 0. The normalized spacial score (nSPS) is 10.5. The van der Waals surface area contributed by atoms with E-state index in [0.717, 1.165) is 0 Å². The van der Waals surface area contributed by atoms with Crippen LogP contribution >= 0.6 is 0 Å². The summed E-state index contributed by atoms with van der Waals surface area (Å²) in [5, 5.41) is 11.0. The molecule has 2 aromatic carbocycles. The van der Waals surface area contributed by atoms with Crippen LogP contribution in [0.4, 0.5) is 5.69 Å². The van der Waals surface area contributed by atoms with E-state index in [-0.39, 0.29) is 16.8 Å². The molecule has 0 amide bonds. The highest BCUT2D eigenvalue weighted by atomic mass is 16.6. The van der Waals surface area contributed by atoms with Crippen molar-refractivity contribution in [2.75, 3.05) is 13.2 Å². The van der Waals surface area contributed by atoms with Gasteiger partial charge in [-0.3, -0.25) is 14.9 Å². The predicted octanol–water partition coefficient (Wildman–Crippen LogP) is 3.98. The fraction of sp³-hybridized carbons (Fsp3) is 0.300. The van der Waals surface area contributed by atoms with Gasteiger partial charge in [0.05, 0.1) is 17.1 Å². The van der Waals surface area contributed by atoms with Crippen LogP contribution in [0, 0.1) is 23.0 Å². The van der Waals surface area contributed by atoms with E-state index in [1.807, 2.05) is 13.8 Å². The number of hydrogen-bond acceptors (Lipinski definition) is 6. The van der Waals surface area contributed by atoms with Crippen LogP contribution in [0.15, 0.2) is 42.5 Å². The predicted molar refractivity (Wildman–Crippen MR) is 99.2 cm³/mol. The molecule has 7 nitrogen and oxygen atoms in total. The zero-order valence-electron chi connectivity index (χ0n) is 15.4. The van der Waals surface area contributed by atoms with E-state index in [4.69, 9.17) is 9.47 Å². The summed E-state index contributed by atoms with van der Waals surface area (Å²) in [5.74, 6) is -0.134. The number of ketones is 1. The molecule has 0 radical (unpaired) electrons. The van der Waals surface area contributed by atoms with Gasteiger partial charge < -0.3 is 9.47 Å². The molecule has 0 bridgehead atoms. The summed E-state index contributed by atoms with van der Waals surface area (Å²) < 4.78 is 10.6. The van der Waals surface area contributed by atoms with Gasteiger partial charge >= 0.3 is 5.97 Å². The first-order valence-corrected chi connectivity index (χ1v) is 8.46. The highest BCUT2D eigenvalue weighted by Gasteiger charge is 2.17. The Morgan fingerprint density at radius 2 is 1.70 bits per heavy atom. The first-order chi connectivity index (χ1) is 12.8. The van der Waals surface area contributed by atoms with Crippen LogP contribution in [-0.2, 0) is 4.74 Å². The molecule has 2 aromatic rings. The lowest BCUT2D eigenvalue weighted by Gasteiger charge is -2.09. The van der Waals surface area contributed by atoms with Gasteiger partial charge in [-0.2, -0.15) is 0 Å². The number of ether oxygens (including phenoxy) is 2. The molecule has 0 aliphatic heterocycles. The van der Waals surface area contributed by atoms with Crippen molar-refractivity contribution in [2.45, 2.75) is 20.8 Å². The molecule has 0 aliphatic rings. The number of nitrogens with zero attached hydrogens (tertiary/aromatic N) is 1. The standard InChI is InChI=1S/C20H21NO6/c1-13(2)11-26-17-8-6-15(7-9-17)20(23)27-12-19(22)16-5-4-14(3)18(10-16)21(24)25/h4-10,13H,11-12H2,1-3H3. The third kappa shape index (κ3) is 5.64. The Morgan fingerprint density at radius 3 is 2.30 bits per heavy atom. The van der Waals surface area contributed by atoms with Crippen LogP contribution < -0.4 is 4.74 Å². The molecule has 0 aliphatic carbocycles. The van der Waals surface area contributed by atoms with Crippen molar-refractivity contribution in [3.63, 3.8) is 0 Å². The second kappa shape index (κ2) is 8.93. The number of benzene rings is 2. The maximum absolute atomic E-state index is 12.1. The van der Waals surface area contributed by atoms with Gasteiger partial charge in [0.15, 0.2) is 6.61 Å². The molecule has 27 heavy (non-hydrogen) atoms. The second-order valence-corrected chi connectivity index (χ2v) is 6.49. The lowest BCUT2D eigenvalue weighted by molar-refractivity contribution is -0.385. The van der Waals surface area contributed by atoms with Crippen molar-refractivity contribution in [2.24, 2.45) is 5.92 Å². The Hall–Kier alpha value is -3.22. The fourth-order valence-electron chi connectivity index (χ4n) is 2.23. The molecule has 0 aromatic heterocycles. The lowest BCUT2D eigenvalue weighted by atomic mass is 10.1. The van der Waals surface area contributed by atoms with Crippen molar-refractivity contribution in [3.05, 3.63) is 69.3 Å². The number of rotatable bonds is 8. The smallest absolute Gasteiger partial charge is 0.338 e. The van der Waals surface area contributed by atoms with Crippen LogP contribution in [0.5, 0.6) is 5.75 Å². The Labute approximate surface area is 157 Å². The van der Waals surface area contributed by atoms with E-state index in [2.05, 4.69) is 0 Å². The minimum absolute atomic E-state index is 0.123. The Bertz CT molecular complexity index is 842. The summed E-state index contributed by atoms with van der Waals surface area (Å²) in [4.78, 5) is 34.6. The first kappa shape index (κ1) is 20.1. The maximum atomic E-state index is 12.1. The number of esters is 1. The highest BCUT2D eigenvalue weighted by molar-refractivity contribution is 5.99. The summed E-state index contributed by atoms with van der Waals surface area (Å²) in [6, 6.07) is 10.6. The Morgan fingerprint density at radius 1 is 1.07 bits per heavy atom. The molecule has 0 saturated carbocycles. The zero-order valence-corrected chi connectivity index (χ0v) is 15.4. The molecule has 0 heterocycles. The molecule has 0 spiro atoms. The first-order valence-electron chi connectivity index (χ1n) is 8.46. The van der Waals surface area contributed by atoms with Gasteiger partial charge in [0.2, 0.25) is 5.78 Å². The van der Waals surface area contributed by atoms with Crippen molar-refractivity contribution in [1.82, 2.24) is 0 Å². The van der Waals surface area contributed by atoms with Crippen molar-refractivity contribution < 1.29 is 24.0 Å². The monoisotopic (exact) mass is 371 g/mol. The molecule has 0 unspecified atom stereocenters. The largest absolute Gasteiger partial charge is 0.493 e. The summed E-state index contributed by atoms with van der Waals surface area (Å²) in [6.07, 6.45) is 0. The number of carbonyl (C=O) groups excluding carboxylic acids is 2. The number of nitro groups is 1. The van der Waals surface area contributed by atoms with E-state index < -0.39 is 23.3 Å². The third-order valence-corrected chi connectivity index (χ3v) is 3.74. The topological polar surface area (TPSA) is 95.7 Å². The molecular formula is C20H21NO6. The molecule has 0 fully saturated rings. The minimum atomic E-state index is -0.652. The molecule has 2 rings (SSSR count). The number of nitro benzene ring substituents is 1. The van der Waals surface area contributed by atoms with Gasteiger partial charge in [-0.15, -0.1) is 0 Å². The van der Waals surface area contributed by atoms with Crippen LogP contribution in [0.1, 0.15) is 40.1 Å². The fourth-order valence-corrected chi connectivity index (χ4v) is 2.23. The quantitative estimate of drug-likeness (QED) is 0.301. The molecule has 0 atom stereocenters. The van der Waals surface area contributed by atoms with Gasteiger partial charge in [-0.1, -0.05) is 26.0 Å². The number of carbonyl (C=O) groups is 2. The molecule has 142 valence electrons. The maximum Gasteiger partial charge on any atom is 0.338 e. The van der Waals surface area contributed by atoms with Gasteiger partial charge in [0.1, 0.15) is 5.75 Å². The highest BCUT2D eigenvalue weighted by Crippen LogP contribution is 2.20. The Balaban J connectivity index is 1.96. The Kier molecular flexibility index (Phi) is 6.65. The lowest BCUT2D eigenvalue weighted by Crippen LogP contribution is -2.14. The van der Waals surface area contributed by atoms with E-state index in [0.29, 0.717) is 23.8 Å². The molecule has 0 N–H and O–H groups in total. The van der Waals surface area contributed by atoms with E-state index in [1.54, 1.807) is 31.2 Å². The van der Waals surface area contributed by atoms with Gasteiger partial charge in [0.25, 0.3) is 5.69 Å². The van der Waals surface area contributed by atoms with Crippen LogP contribution in [0.2, 0.25) is 0 Å². The third-order valence-electron chi connectivity index (χ3n) is 3.74. The number of hydrogen-bond donors (Lipinski definition) is 0. The average Bonchev–Trinajstić information content (AvgIpc) is 2.64. The van der Waals surface area contributed by atoms with Crippen molar-refractivity contribution in [3.8, 4) is 5.75 Å². The van der Waals surface area contributed by atoms with Crippen LogP contribution in [0.3, 0.4) is 0 Å². The SMILES string of the molecule is Cc1ccc(C(=O)COC(=O)c2ccc(OCC(C)C)cc2)cc1[N+](=O)[O-]. The zero-order chi connectivity index (χ0) is 20.0. The average molecular weight is 371 g/mol. The van der Waals surface area contributed by atoms with Crippen LogP contribution in [-0.4, -0.2) is 29.9 Å². The second-order valence-electron chi connectivity index (χ2n) is 6.49. The van der Waals surface area contributed by atoms with Gasteiger partial charge in [-0.25, -0.2) is 4.79 Å². The van der Waals surface area contributed by atoms with Crippen molar-refractivity contribution >= 4 is 17.4 Å². The molecule has 7 heteroatoms. The number of Topliss-reactive ketones (excluding diaryl/α,β-unsaturated/α-hetero) is 1. The van der Waals surface area contributed by atoms with Gasteiger partial charge in [0, 0.05) is 17.2 Å². The van der Waals surface area contributed by atoms with Gasteiger partial charge in [-0.05, 0) is 37.1 Å². The van der Waals surface area contributed by atoms with Crippen LogP contribution in [0.25, 0.3) is 0 Å². The summed E-state index contributed by atoms with van der Waals surface area (Å²) in [7, 11) is 0. The minimum Gasteiger partial charge on any atom is -0.493 e.